The number of hydrogen-bond donors (Lipinski definition) is 0. The summed E-state index contributed by atoms with van der Waals surface area (Å²) in [5.74, 6) is -1.29. The average molecular weight is 420 g/mol. The fraction of sp³-hybridized carbons (Fsp3) is 0.292. The van der Waals surface area contributed by atoms with Gasteiger partial charge in [0.2, 0.25) is 5.91 Å². The Bertz CT molecular complexity index is 1030. The zero-order chi connectivity index (χ0) is 22.0. The Balaban J connectivity index is 1.85. The molecular formula is C24H24N2O5. The summed E-state index contributed by atoms with van der Waals surface area (Å²) in [6.07, 6.45) is 0.642. The molecule has 0 radical (unpaired) electrons. The lowest BCUT2D eigenvalue weighted by Crippen LogP contribution is -2.40. The predicted molar refractivity (Wildman–Crippen MR) is 114 cm³/mol. The van der Waals surface area contributed by atoms with Gasteiger partial charge in [-0.05, 0) is 31.1 Å². The number of imide groups is 1. The molecule has 0 saturated carbocycles. The van der Waals surface area contributed by atoms with Crippen LogP contribution in [0.3, 0.4) is 0 Å². The number of cyclic esters (lactones) is 2. The van der Waals surface area contributed by atoms with E-state index in [0.29, 0.717) is 17.8 Å². The summed E-state index contributed by atoms with van der Waals surface area (Å²) in [6, 6.07) is 15.3. The van der Waals surface area contributed by atoms with E-state index < -0.39 is 24.0 Å². The molecule has 2 aromatic rings. The van der Waals surface area contributed by atoms with Gasteiger partial charge in [0.1, 0.15) is 19.1 Å². The second-order valence-corrected chi connectivity index (χ2v) is 7.69. The van der Waals surface area contributed by atoms with Crippen LogP contribution in [0.25, 0.3) is 6.08 Å². The molecule has 3 amide bonds. The van der Waals surface area contributed by atoms with E-state index in [2.05, 4.69) is 0 Å². The zero-order valence-corrected chi connectivity index (χ0v) is 17.5. The van der Waals surface area contributed by atoms with Crippen molar-refractivity contribution in [3.63, 3.8) is 0 Å². The van der Waals surface area contributed by atoms with Crippen LogP contribution in [-0.4, -0.2) is 54.2 Å². The maximum absolute atomic E-state index is 13.6. The summed E-state index contributed by atoms with van der Waals surface area (Å²) in [6.45, 7) is 4.86. The SMILES string of the molecule is Cc1ccc(/C=C(/C(C(=O)N2CCOC2=O)c2ccc(C)cc2)N2CCOC2=O)cc1. The van der Waals surface area contributed by atoms with Gasteiger partial charge in [-0.15, -0.1) is 0 Å². The maximum Gasteiger partial charge on any atom is 0.416 e. The Hall–Kier alpha value is -3.61. The quantitative estimate of drug-likeness (QED) is 0.734. The summed E-state index contributed by atoms with van der Waals surface area (Å²) >= 11 is 0. The molecule has 2 aromatic carbocycles. The van der Waals surface area contributed by atoms with Gasteiger partial charge in [-0.1, -0.05) is 59.7 Å². The van der Waals surface area contributed by atoms with E-state index >= 15 is 0 Å². The first-order valence-electron chi connectivity index (χ1n) is 10.2. The van der Waals surface area contributed by atoms with Crippen LogP contribution in [0.1, 0.15) is 28.2 Å². The Labute approximate surface area is 180 Å². The molecule has 7 heteroatoms. The molecule has 0 aliphatic carbocycles. The number of amides is 3. The molecule has 160 valence electrons. The van der Waals surface area contributed by atoms with Crippen LogP contribution in [0.4, 0.5) is 9.59 Å². The standard InChI is InChI=1S/C24H24N2O5/c1-16-3-7-18(8-4-16)15-20(25-11-13-30-23(25)28)21(19-9-5-17(2)6-10-19)22(27)26-12-14-31-24(26)29/h3-10,15,21H,11-14H2,1-2H3/b20-15-. The minimum atomic E-state index is -0.863. The van der Waals surface area contributed by atoms with Gasteiger partial charge in [0.15, 0.2) is 0 Å². The highest BCUT2D eigenvalue weighted by atomic mass is 16.6. The van der Waals surface area contributed by atoms with Gasteiger partial charge in [-0.25, -0.2) is 14.5 Å². The van der Waals surface area contributed by atoms with Gasteiger partial charge in [-0.3, -0.25) is 9.69 Å². The van der Waals surface area contributed by atoms with Crippen LogP contribution in [-0.2, 0) is 14.3 Å². The molecule has 7 nitrogen and oxygen atoms in total. The highest BCUT2D eigenvalue weighted by Crippen LogP contribution is 2.33. The number of carbonyl (C=O) groups excluding carboxylic acids is 3. The Kier molecular flexibility index (Phi) is 5.75. The van der Waals surface area contributed by atoms with Crippen LogP contribution in [0.5, 0.6) is 0 Å². The van der Waals surface area contributed by atoms with E-state index in [4.69, 9.17) is 9.47 Å². The summed E-state index contributed by atoms with van der Waals surface area (Å²) in [4.78, 5) is 40.9. The van der Waals surface area contributed by atoms with Crippen LogP contribution in [0.2, 0.25) is 0 Å². The number of nitrogens with zero attached hydrogens (tertiary/aromatic N) is 2. The number of carbonyl (C=O) groups is 3. The summed E-state index contributed by atoms with van der Waals surface area (Å²) < 4.78 is 10.2. The van der Waals surface area contributed by atoms with Gasteiger partial charge in [0, 0.05) is 5.70 Å². The molecule has 0 bridgehead atoms. The number of aryl methyl sites for hydroxylation is 2. The van der Waals surface area contributed by atoms with Crippen molar-refractivity contribution in [3.05, 3.63) is 76.5 Å². The normalized spacial score (nSPS) is 17.5. The van der Waals surface area contributed by atoms with E-state index in [1.807, 2.05) is 68.5 Å². The highest BCUT2D eigenvalue weighted by molar-refractivity contribution is 5.99. The van der Waals surface area contributed by atoms with Gasteiger partial charge in [0.05, 0.1) is 13.1 Å². The molecule has 2 aliphatic heterocycles. The molecule has 0 spiro atoms. The third-order valence-electron chi connectivity index (χ3n) is 5.44. The van der Waals surface area contributed by atoms with Crippen molar-refractivity contribution < 1.29 is 23.9 Å². The van der Waals surface area contributed by atoms with Crippen molar-refractivity contribution in [3.8, 4) is 0 Å². The number of hydrogen-bond acceptors (Lipinski definition) is 5. The zero-order valence-electron chi connectivity index (χ0n) is 17.5. The molecule has 2 heterocycles. The third-order valence-corrected chi connectivity index (χ3v) is 5.44. The maximum atomic E-state index is 13.6. The van der Waals surface area contributed by atoms with Gasteiger partial charge in [-0.2, -0.15) is 0 Å². The van der Waals surface area contributed by atoms with Crippen LogP contribution < -0.4 is 0 Å². The lowest BCUT2D eigenvalue weighted by Gasteiger charge is -2.28. The van der Waals surface area contributed by atoms with E-state index in [-0.39, 0.29) is 19.8 Å². The molecule has 2 saturated heterocycles. The van der Waals surface area contributed by atoms with E-state index in [9.17, 15) is 14.4 Å². The van der Waals surface area contributed by atoms with Gasteiger partial charge < -0.3 is 9.47 Å². The molecule has 2 aliphatic rings. The van der Waals surface area contributed by atoms with E-state index in [1.54, 1.807) is 0 Å². The Morgan fingerprint density at radius 2 is 1.35 bits per heavy atom. The fourth-order valence-corrected chi connectivity index (χ4v) is 3.73. The number of ether oxygens (including phenoxy) is 2. The van der Waals surface area contributed by atoms with Crippen molar-refractivity contribution in [2.45, 2.75) is 19.8 Å². The smallest absolute Gasteiger partial charge is 0.416 e. The van der Waals surface area contributed by atoms with Crippen molar-refractivity contribution in [1.82, 2.24) is 9.80 Å². The lowest BCUT2D eigenvalue weighted by molar-refractivity contribution is -0.128. The van der Waals surface area contributed by atoms with Crippen molar-refractivity contribution in [1.29, 1.82) is 0 Å². The molecule has 1 unspecified atom stereocenters. The average Bonchev–Trinajstić information content (AvgIpc) is 3.38. The lowest BCUT2D eigenvalue weighted by atomic mass is 9.91. The summed E-state index contributed by atoms with van der Waals surface area (Å²) in [7, 11) is 0. The van der Waals surface area contributed by atoms with Crippen LogP contribution in [0, 0.1) is 13.8 Å². The van der Waals surface area contributed by atoms with Crippen molar-refractivity contribution in [2.75, 3.05) is 26.3 Å². The Morgan fingerprint density at radius 1 is 0.839 bits per heavy atom. The first kappa shape index (κ1) is 20.7. The van der Waals surface area contributed by atoms with Gasteiger partial charge >= 0.3 is 12.2 Å². The molecule has 0 aromatic heterocycles. The fourth-order valence-electron chi connectivity index (χ4n) is 3.73. The second-order valence-electron chi connectivity index (χ2n) is 7.69. The van der Waals surface area contributed by atoms with Crippen molar-refractivity contribution >= 4 is 24.2 Å². The monoisotopic (exact) mass is 420 g/mol. The summed E-state index contributed by atoms with van der Waals surface area (Å²) in [5.41, 5.74) is 4.15. The van der Waals surface area contributed by atoms with Crippen molar-refractivity contribution in [2.24, 2.45) is 0 Å². The predicted octanol–water partition coefficient (Wildman–Crippen LogP) is 3.86. The minimum Gasteiger partial charge on any atom is -0.447 e. The summed E-state index contributed by atoms with van der Waals surface area (Å²) in [5, 5.41) is 0. The largest absolute Gasteiger partial charge is 0.447 e. The van der Waals surface area contributed by atoms with E-state index in [0.717, 1.165) is 21.6 Å². The molecule has 0 N–H and O–H groups in total. The van der Waals surface area contributed by atoms with Gasteiger partial charge in [0.25, 0.3) is 0 Å². The molecule has 4 rings (SSSR count). The first-order valence-corrected chi connectivity index (χ1v) is 10.2. The Morgan fingerprint density at radius 3 is 1.87 bits per heavy atom. The molecule has 2 fully saturated rings. The second kappa shape index (κ2) is 8.63. The topological polar surface area (TPSA) is 76.2 Å². The molecule has 1 atom stereocenters. The first-order chi connectivity index (χ1) is 14.9. The highest BCUT2D eigenvalue weighted by Gasteiger charge is 2.40. The van der Waals surface area contributed by atoms with Crippen LogP contribution in [0.15, 0.2) is 54.2 Å². The third kappa shape index (κ3) is 4.30. The molecular weight excluding hydrogens is 396 g/mol. The van der Waals surface area contributed by atoms with Crippen LogP contribution >= 0.6 is 0 Å². The minimum absolute atomic E-state index is 0.161. The molecule has 31 heavy (non-hydrogen) atoms. The van der Waals surface area contributed by atoms with E-state index in [1.165, 1.54) is 4.90 Å². The number of rotatable bonds is 5. The number of benzene rings is 2.